The highest BCUT2D eigenvalue weighted by Gasteiger charge is 2.29. The monoisotopic (exact) mass is 359 g/mol. The Bertz CT molecular complexity index is 845. The lowest BCUT2D eigenvalue weighted by Crippen LogP contribution is -2.35. The zero-order chi connectivity index (χ0) is 18.0. The maximum absolute atomic E-state index is 13.1. The summed E-state index contributed by atoms with van der Waals surface area (Å²) in [6.45, 7) is 1.76. The lowest BCUT2D eigenvalue weighted by Gasteiger charge is -2.31. The molecular weight excluding hydrogens is 334 g/mol. The summed E-state index contributed by atoms with van der Waals surface area (Å²) in [5, 5.41) is 0. The summed E-state index contributed by atoms with van der Waals surface area (Å²) in [5.74, 6) is 0. The van der Waals surface area contributed by atoms with Gasteiger partial charge in [-0.2, -0.15) is 0 Å². The summed E-state index contributed by atoms with van der Waals surface area (Å²) in [6.07, 6.45) is 1.70. The molecule has 0 spiro atoms. The number of anilines is 1. The van der Waals surface area contributed by atoms with Crippen LogP contribution in [0.25, 0.3) is 0 Å². The second-order valence-electron chi connectivity index (χ2n) is 6.73. The molecule has 5 nitrogen and oxygen atoms in total. The lowest BCUT2D eigenvalue weighted by atomic mass is 10.0. The van der Waals surface area contributed by atoms with Gasteiger partial charge in [0.2, 0.25) is 0 Å². The van der Waals surface area contributed by atoms with Gasteiger partial charge in [0, 0.05) is 19.6 Å². The molecule has 6 heteroatoms. The third kappa shape index (κ3) is 3.71. The Labute approximate surface area is 150 Å². The van der Waals surface area contributed by atoms with Gasteiger partial charge in [0.15, 0.2) is 0 Å². The van der Waals surface area contributed by atoms with Gasteiger partial charge in [0.25, 0.3) is 10.0 Å². The van der Waals surface area contributed by atoms with Crippen LogP contribution in [-0.4, -0.2) is 34.0 Å². The molecule has 0 aliphatic carbocycles. The Kier molecular flexibility index (Phi) is 5.13. The molecule has 1 aliphatic heterocycles. The van der Waals surface area contributed by atoms with E-state index in [1.54, 1.807) is 12.1 Å². The maximum Gasteiger partial charge on any atom is 0.264 e. The second kappa shape index (κ2) is 7.15. The number of sulfonamides is 1. The summed E-state index contributed by atoms with van der Waals surface area (Å²) >= 11 is 0. The van der Waals surface area contributed by atoms with E-state index in [9.17, 15) is 8.42 Å². The first-order valence-electron chi connectivity index (χ1n) is 8.50. The van der Waals surface area contributed by atoms with Crippen molar-refractivity contribution in [3.63, 3.8) is 0 Å². The molecule has 0 saturated heterocycles. The van der Waals surface area contributed by atoms with Gasteiger partial charge in [-0.3, -0.25) is 4.31 Å². The molecule has 2 aromatic rings. The first-order valence-corrected chi connectivity index (χ1v) is 9.94. The van der Waals surface area contributed by atoms with E-state index in [-0.39, 0.29) is 0 Å². The van der Waals surface area contributed by atoms with Crippen LogP contribution in [0.4, 0.5) is 5.69 Å². The number of nitrogens with two attached hydrogens (primary N) is 1. The highest BCUT2D eigenvalue weighted by atomic mass is 32.2. The van der Waals surface area contributed by atoms with E-state index in [0.717, 1.165) is 41.8 Å². The van der Waals surface area contributed by atoms with Gasteiger partial charge in [-0.25, -0.2) is 8.42 Å². The SMILES string of the molecule is CN(C)Cc1ccc(S(=O)(=O)N2CCCc3cc(CN)ccc32)cc1. The largest absolute Gasteiger partial charge is 0.326 e. The third-order valence-corrected chi connectivity index (χ3v) is 6.29. The van der Waals surface area contributed by atoms with Crippen LogP contribution in [0.15, 0.2) is 47.4 Å². The van der Waals surface area contributed by atoms with Gasteiger partial charge < -0.3 is 10.6 Å². The van der Waals surface area contributed by atoms with Crippen LogP contribution in [0.2, 0.25) is 0 Å². The van der Waals surface area contributed by atoms with Crippen molar-refractivity contribution in [1.82, 2.24) is 4.90 Å². The van der Waals surface area contributed by atoms with Crippen LogP contribution < -0.4 is 10.0 Å². The summed E-state index contributed by atoms with van der Waals surface area (Å²) in [5.41, 5.74) is 9.67. The van der Waals surface area contributed by atoms with Gasteiger partial charge in [-0.15, -0.1) is 0 Å². The zero-order valence-electron chi connectivity index (χ0n) is 14.8. The normalized spacial score (nSPS) is 14.6. The van der Waals surface area contributed by atoms with E-state index in [1.807, 2.05) is 44.4 Å². The molecule has 0 amide bonds. The average molecular weight is 359 g/mol. The minimum absolute atomic E-state index is 0.339. The molecule has 1 aliphatic rings. The Morgan fingerprint density at radius 2 is 1.76 bits per heavy atom. The van der Waals surface area contributed by atoms with Crippen LogP contribution in [-0.2, 0) is 29.5 Å². The van der Waals surface area contributed by atoms with Crippen LogP contribution in [0, 0.1) is 0 Å². The van der Waals surface area contributed by atoms with Crippen molar-refractivity contribution in [3.8, 4) is 0 Å². The van der Waals surface area contributed by atoms with Crippen LogP contribution in [0.1, 0.15) is 23.1 Å². The molecular formula is C19H25N3O2S. The molecule has 2 N–H and O–H groups in total. The predicted molar refractivity (Wildman–Crippen MR) is 101 cm³/mol. The number of aryl methyl sites for hydroxylation is 1. The van der Waals surface area contributed by atoms with Gasteiger partial charge in [0.1, 0.15) is 0 Å². The molecule has 0 radical (unpaired) electrons. The number of fused-ring (bicyclic) bond motifs is 1. The summed E-state index contributed by atoms with van der Waals surface area (Å²) < 4.78 is 27.8. The Morgan fingerprint density at radius 3 is 2.40 bits per heavy atom. The molecule has 0 unspecified atom stereocenters. The van der Waals surface area contributed by atoms with E-state index in [1.165, 1.54) is 4.31 Å². The summed E-state index contributed by atoms with van der Waals surface area (Å²) in [7, 11) is 0.430. The van der Waals surface area contributed by atoms with E-state index < -0.39 is 10.0 Å². The van der Waals surface area contributed by atoms with Crippen LogP contribution in [0.3, 0.4) is 0 Å². The quantitative estimate of drug-likeness (QED) is 0.890. The predicted octanol–water partition coefficient (Wildman–Crippen LogP) is 2.35. The van der Waals surface area contributed by atoms with E-state index in [2.05, 4.69) is 4.90 Å². The number of benzene rings is 2. The standard InChI is InChI=1S/C19H25N3O2S/c1-21(2)14-15-5-8-18(9-6-15)25(23,24)22-11-3-4-17-12-16(13-20)7-10-19(17)22/h5-10,12H,3-4,11,13-14,20H2,1-2H3. The Balaban J connectivity index is 1.93. The van der Waals surface area contributed by atoms with Crippen molar-refractivity contribution in [1.29, 1.82) is 0 Å². The smallest absolute Gasteiger partial charge is 0.264 e. The number of nitrogens with zero attached hydrogens (tertiary/aromatic N) is 2. The average Bonchev–Trinajstić information content (AvgIpc) is 2.60. The number of hydrogen-bond donors (Lipinski definition) is 1. The van der Waals surface area contributed by atoms with Gasteiger partial charge in [0.05, 0.1) is 10.6 Å². The molecule has 25 heavy (non-hydrogen) atoms. The molecule has 0 atom stereocenters. The number of hydrogen-bond acceptors (Lipinski definition) is 4. The molecule has 0 fully saturated rings. The Hall–Kier alpha value is -1.89. The molecule has 0 saturated carbocycles. The van der Waals surface area contributed by atoms with Crippen molar-refractivity contribution in [3.05, 3.63) is 59.2 Å². The topological polar surface area (TPSA) is 66.6 Å². The zero-order valence-corrected chi connectivity index (χ0v) is 15.6. The first-order chi connectivity index (χ1) is 11.9. The van der Waals surface area contributed by atoms with Crippen molar-refractivity contribution < 1.29 is 8.42 Å². The molecule has 0 bridgehead atoms. The highest BCUT2D eigenvalue weighted by molar-refractivity contribution is 7.92. The molecule has 134 valence electrons. The van der Waals surface area contributed by atoms with E-state index >= 15 is 0 Å². The van der Waals surface area contributed by atoms with Crippen molar-refractivity contribution >= 4 is 15.7 Å². The van der Waals surface area contributed by atoms with Gasteiger partial charge in [-0.05, 0) is 61.8 Å². The molecule has 3 rings (SSSR count). The first kappa shape index (κ1) is 17.9. The third-order valence-electron chi connectivity index (χ3n) is 4.47. The van der Waals surface area contributed by atoms with Crippen molar-refractivity contribution in [2.24, 2.45) is 5.73 Å². The van der Waals surface area contributed by atoms with Crippen molar-refractivity contribution in [2.75, 3.05) is 24.9 Å². The fourth-order valence-corrected chi connectivity index (χ4v) is 4.79. The molecule has 1 heterocycles. The lowest BCUT2D eigenvalue weighted by molar-refractivity contribution is 0.402. The molecule has 2 aromatic carbocycles. The minimum Gasteiger partial charge on any atom is -0.326 e. The fourth-order valence-electron chi connectivity index (χ4n) is 3.25. The summed E-state index contributed by atoms with van der Waals surface area (Å²) in [6, 6.07) is 13.0. The van der Waals surface area contributed by atoms with Gasteiger partial charge in [-0.1, -0.05) is 24.3 Å². The van der Waals surface area contributed by atoms with Crippen LogP contribution >= 0.6 is 0 Å². The molecule has 0 aromatic heterocycles. The maximum atomic E-state index is 13.1. The fraction of sp³-hybridized carbons (Fsp3) is 0.368. The van der Waals surface area contributed by atoms with Gasteiger partial charge >= 0.3 is 0 Å². The van der Waals surface area contributed by atoms with Crippen LogP contribution in [0.5, 0.6) is 0 Å². The highest BCUT2D eigenvalue weighted by Crippen LogP contribution is 2.32. The van der Waals surface area contributed by atoms with Crippen molar-refractivity contribution in [2.45, 2.75) is 30.8 Å². The minimum atomic E-state index is -3.55. The van der Waals surface area contributed by atoms with E-state index in [0.29, 0.717) is 18.0 Å². The summed E-state index contributed by atoms with van der Waals surface area (Å²) in [4.78, 5) is 2.39. The Morgan fingerprint density at radius 1 is 1.08 bits per heavy atom. The van der Waals surface area contributed by atoms with E-state index in [4.69, 9.17) is 5.73 Å². The second-order valence-corrected chi connectivity index (χ2v) is 8.59. The number of rotatable bonds is 5.